The molecule has 4 nitrogen and oxygen atoms in total. The molecule has 2 rings (SSSR count). The van der Waals surface area contributed by atoms with Crippen molar-refractivity contribution in [3.63, 3.8) is 0 Å². The molecule has 0 spiro atoms. The monoisotopic (exact) mass is 249 g/mol. The van der Waals surface area contributed by atoms with Crippen molar-refractivity contribution in [2.45, 2.75) is 25.0 Å². The molecule has 2 unspecified atom stereocenters. The maximum atomic E-state index is 11.0. The SMILES string of the molecule is COC1CCN(C(CC(=O)O)c2ccccc2)C1. The lowest BCUT2D eigenvalue weighted by Crippen LogP contribution is -2.29. The van der Waals surface area contributed by atoms with E-state index in [4.69, 9.17) is 9.84 Å². The van der Waals surface area contributed by atoms with Crippen LogP contribution in [0.4, 0.5) is 0 Å². The van der Waals surface area contributed by atoms with Gasteiger partial charge in [-0.25, -0.2) is 0 Å². The molecule has 1 fully saturated rings. The lowest BCUT2D eigenvalue weighted by atomic mass is 10.0. The molecule has 0 amide bonds. The molecule has 98 valence electrons. The number of hydrogen-bond acceptors (Lipinski definition) is 3. The Kier molecular flexibility index (Phi) is 4.33. The van der Waals surface area contributed by atoms with E-state index in [1.54, 1.807) is 7.11 Å². The van der Waals surface area contributed by atoms with Crippen molar-refractivity contribution in [3.05, 3.63) is 35.9 Å². The van der Waals surface area contributed by atoms with E-state index in [-0.39, 0.29) is 18.6 Å². The van der Waals surface area contributed by atoms with Crippen LogP contribution in [0.2, 0.25) is 0 Å². The maximum absolute atomic E-state index is 11.0. The Morgan fingerprint density at radius 1 is 1.50 bits per heavy atom. The standard InChI is InChI=1S/C14H19NO3/c1-18-12-7-8-15(10-12)13(9-14(16)17)11-5-3-2-4-6-11/h2-6,12-13H,7-10H2,1H3,(H,16,17). The zero-order chi connectivity index (χ0) is 13.0. The zero-order valence-corrected chi connectivity index (χ0v) is 10.6. The van der Waals surface area contributed by atoms with Gasteiger partial charge in [-0.15, -0.1) is 0 Å². The fourth-order valence-corrected chi connectivity index (χ4v) is 2.53. The second kappa shape index (κ2) is 5.98. The molecule has 1 N–H and O–H groups in total. The highest BCUT2D eigenvalue weighted by Crippen LogP contribution is 2.28. The molecule has 0 radical (unpaired) electrons. The average molecular weight is 249 g/mol. The van der Waals surface area contributed by atoms with Crippen molar-refractivity contribution in [1.29, 1.82) is 0 Å². The van der Waals surface area contributed by atoms with Crippen LogP contribution in [0.15, 0.2) is 30.3 Å². The highest BCUT2D eigenvalue weighted by Gasteiger charge is 2.30. The molecule has 1 heterocycles. The van der Waals surface area contributed by atoms with Crippen molar-refractivity contribution in [2.24, 2.45) is 0 Å². The van der Waals surface area contributed by atoms with Gasteiger partial charge < -0.3 is 9.84 Å². The fraction of sp³-hybridized carbons (Fsp3) is 0.500. The van der Waals surface area contributed by atoms with Crippen LogP contribution in [0.3, 0.4) is 0 Å². The zero-order valence-electron chi connectivity index (χ0n) is 10.6. The largest absolute Gasteiger partial charge is 0.481 e. The van der Waals surface area contributed by atoms with Crippen molar-refractivity contribution >= 4 is 5.97 Å². The number of rotatable bonds is 5. The number of benzene rings is 1. The van der Waals surface area contributed by atoms with Crippen molar-refractivity contribution < 1.29 is 14.6 Å². The molecule has 18 heavy (non-hydrogen) atoms. The molecule has 1 aromatic carbocycles. The lowest BCUT2D eigenvalue weighted by molar-refractivity contribution is -0.138. The number of carboxylic acid groups (broad SMARTS) is 1. The topological polar surface area (TPSA) is 49.8 Å². The Hall–Kier alpha value is -1.39. The van der Waals surface area contributed by atoms with Gasteiger partial charge in [-0.2, -0.15) is 0 Å². The minimum Gasteiger partial charge on any atom is -0.481 e. The third kappa shape index (κ3) is 3.09. The van der Waals surface area contributed by atoms with Gasteiger partial charge in [-0.3, -0.25) is 9.69 Å². The molecule has 0 aromatic heterocycles. The van der Waals surface area contributed by atoms with Crippen LogP contribution < -0.4 is 0 Å². The molecule has 4 heteroatoms. The molecule has 1 aromatic rings. The highest BCUT2D eigenvalue weighted by molar-refractivity contribution is 5.68. The Balaban J connectivity index is 2.13. The van der Waals surface area contributed by atoms with Gasteiger partial charge in [0.05, 0.1) is 12.5 Å². The summed E-state index contributed by atoms with van der Waals surface area (Å²) in [5, 5.41) is 9.07. The van der Waals surface area contributed by atoms with E-state index >= 15 is 0 Å². The van der Waals surface area contributed by atoms with Crippen LogP contribution >= 0.6 is 0 Å². The molecule has 1 aliphatic rings. The van der Waals surface area contributed by atoms with E-state index in [2.05, 4.69) is 4.90 Å². The summed E-state index contributed by atoms with van der Waals surface area (Å²) in [6.45, 7) is 1.70. The van der Waals surface area contributed by atoms with E-state index in [9.17, 15) is 4.79 Å². The normalized spacial score (nSPS) is 21.9. The number of methoxy groups -OCH3 is 1. The smallest absolute Gasteiger partial charge is 0.305 e. The lowest BCUT2D eigenvalue weighted by Gasteiger charge is -2.26. The molecule has 0 bridgehead atoms. The molecular weight excluding hydrogens is 230 g/mol. The fourth-order valence-electron chi connectivity index (χ4n) is 2.53. The van der Waals surface area contributed by atoms with Crippen LogP contribution in [0.5, 0.6) is 0 Å². The van der Waals surface area contributed by atoms with Crippen molar-refractivity contribution in [1.82, 2.24) is 4.90 Å². The summed E-state index contributed by atoms with van der Waals surface area (Å²) in [5.74, 6) is -0.760. The first-order valence-electron chi connectivity index (χ1n) is 6.24. The van der Waals surface area contributed by atoms with Crippen LogP contribution in [0.1, 0.15) is 24.4 Å². The van der Waals surface area contributed by atoms with Crippen LogP contribution in [0.25, 0.3) is 0 Å². The first-order chi connectivity index (χ1) is 8.70. The summed E-state index contributed by atoms with van der Waals surface area (Å²) >= 11 is 0. The van der Waals surface area contributed by atoms with E-state index in [0.29, 0.717) is 0 Å². The van der Waals surface area contributed by atoms with Gasteiger partial charge in [0.1, 0.15) is 0 Å². The average Bonchev–Trinajstić information content (AvgIpc) is 2.85. The van der Waals surface area contributed by atoms with E-state index < -0.39 is 5.97 Å². The molecule has 1 aliphatic heterocycles. The Bertz CT molecular complexity index is 393. The number of hydrogen-bond donors (Lipinski definition) is 1. The number of likely N-dealkylation sites (tertiary alicyclic amines) is 1. The molecular formula is C14H19NO3. The molecule has 0 aliphatic carbocycles. The second-order valence-electron chi connectivity index (χ2n) is 4.67. The van der Waals surface area contributed by atoms with Crippen molar-refractivity contribution in [2.75, 3.05) is 20.2 Å². The molecule has 0 saturated carbocycles. The number of ether oxygens (including phenoxy) is 1. The Morgan fingerprint density at radius 2 is 2.22 bits per heavy atom. The summed E-state index contributed by atoms with van der Waals surface area (Å²) < 4.78 is 5.34. The van der Waals surface area contributed by atoms with Crippen LogP contribution in [-0.2, 0) is 9.53 Å². The number of carboxylic acids is 1. The van der Waals surface area contributed by atoms with Crippen LogP contribution in [0, 0.1) is 0 Å². The quantitative estimate of drug-likeness (QED) is 0.866. The summed E-state index contributed by atoms with van der Waals surface area (Å²) in [7, 11) is 1.71. The Labute approximate surface area is 107 Å². The van der Waals surface area contributed by atoms with Gasteiger partial charge in [0.15, 0.2) is 0 Å². The predicted molar refractivity (Wildman–Crippen MR) is 68.4 cm³/mol. The first kappa shape index (κ1) is 13.1. The van der Waals surface area contributed by atoms with Gasteiger partial charge in [0, 0.05) is 26.2 Å². The Morgan fingerprint density at radius 3 is 2.78 bits per heavy atom. The van der Waals surface area contributed by atoms with Gasteiger partial charge in [0.2, 0.25) is 0 Å². The minimum absolute atomic E-state index is 0.0520. The van der Waals surface area contributed by atoms with E-state index in [0.717, 1.165) is 25.1 Å². The van der Waals surface area contributed by atoms with Gasteiger partial charge in [0.25, 0.3) is 0 Å². The third-order valence-corrected chi connectivity index (χ3v) is 3.50. The van der Waals surface area contributed by atoms with Crippen LogP contribution in [-0.4, -0.2) is 42.3 Å². The maximum Gasteiger partial charge on any atom is 0.305 e. The summed E-state index contributed by atoms with van der Waals surface area (Å²) in [5.41, 5.74) is 1.07. The number of carbonyl (C=O) groups is 1. The van der Waals surface area contributed by atoms with E-state index in [1.807, 2.05) is 30.3 Å². The minimum atomic E-state index is -0.760. The number of aliphatic carboxylic acids is 1. The third-order valence-electron chi connectivity index (χ3n) is 3.50. The summed E-state index contributed by atoms with van der Waals surface area (Å²) in [6, 6.07) is 9.79. The number of nitrogens with zero attached hydrogens (tertiary/aromatic N) is 1. The van der Waals surface area contributed by atoms with Gasteiger partial charge >= 0.3 is 5.97 Å². The summed E-state index contributed by atoms with van der Waals surface area (Å²) in [4.78, 5) is 13.2. The highest BCUT2D eigenvalue weighted by atomic mass is 16.5. The van der Waals surface area contributed by atoms with Crippen molar-refractivity contribution in [3.8, 4) is 0 Å². The summed E-state index contributed by atoms with van der Waals surface area (Å²) in [6.07, 6.45) is 1.34. The second-order valence-corrected chi connectivity index (χ2v) is 4.67. The molecule has 1 saturated heterocycles. The van der Waals surface area contributed by atoms with Gasteiger partial charge in [-0.05, 0) is 12.0 Å². The predicted octanol–water partition coefficient (Wildman–Crippen LogP) is 1.92. The van der Waals surface area contributed by atoms with E-state index in [1.165, 1.54) is 0 Å². The van der Waals surface area contributed by atoms with Gasteiger partial charge in [-0.1, -0.05) is 30.3 Å². The first-order valence-corrected chi connectivity index (χ1v) is 6.24. The molecule has 2 atom stereocenters.